The number of ether oxygens (including phenoxy) is 1. The van der Waals surface area contributed by atoms with Crippen LogP contribution in [-0.2, 0) is 14.3 Å². The molecule has 5 unspecified atom stereocenters. The summed E-state index contributed by atoms with van der Waals surface area (Å²) in [4.78, 5) is 31.0. The summed E-state index contributed by atoms with van der Waals surface area (Å²) in [6.07, 6.45) is 4.85. The van der Waals surface area contributed by atoms with Crippen molar-refractivity contribution in [3.8, 4) is 0 Å². The SMILES string of the molecule is CN=C(NCCN1C(=O)C2C3C=CC(C3)C2C1=O)NCC(OC)c1ccc(F)cc1. The number of methoxy groups -OCH3 is 1. The van der Waals surface area contributed by atoms with E-state index < -0.39 is 0 Å². The Balaban J connectivity index is 1.26. The minimum absolute atomic E-state index is 0.0395. The van der Waals surface area contributed by atoms with E-state index in [-0.39, 0.29) is 47.4 Å². The maximum absolute atomic E-state index is 13.1. The van der Waals surface area contributed by atoms with Crippen molar-refractivity contribution >= 4 is 17.8 Å². The van der Waals surface area contributed by atoms with Gasteiger partial charge in [0.15, 0.2) is 5.96 Å². The molecule has 4 rings (SSSR count). The van der Waals surface area contributed by atoms with Crippen LogP contribution in [0.3, 0.4) is 0 Å². The second kappa shape index (κ2) is 8.55. The molecule has 5 atom stereocenters. The Morgan fingerprint density at radius 3 is 2.37 bits per heavy atom. The molecule has 0 radical (unpaired) electrons. The molecule has 7 nitrogen and oxygen atoms in total. The molecule has 1 aromatic rings. The van der Waals surface area contributed by atoms with Crippen LogP contribution >= 0.6 is 0 Å². The summed E-state index contributed by atoms with van der Waals surface area (Å²) in [6, 6.07) is 6.17. The first kappa shape index (κ1) is 20.5. The number of likely N-dealkylation sites (tertiary alicyclic amines) is 1. The highest BCUT2D eigenvalue weighted by molar-refractivity contribution is 6.06. The molecule has 1 heterocycles. The number of nitrogens with one attached hydrogen (secondary N) is 2. The van der Waals surface area contributed by atoms with Gasteiger partial charge in [-0.25, -0.2) is 4.39 Å². The van der Waals surface area contributed by atoms with Gasteiger partial charge in [-0.1, -0.05) is 24.3 Å². The molecule has 3 aliphatic rings. The fourth-order valence-corrected chi connectivity index (χ4v) is 4.90. The van der Waals surface area contributed by atoms with E-state index >= 15 is 0 Å². The topological polar surface area (TPSA) is 83.0 Å². The van der Waals surface area contributed by atoms with E-state index in [0.717, 1.165) is 12.0 Å². The lowest BCUT2D eigenvalue weighted by molar-refractivity contribution is -0.140. The summed E-state index contributed by atoms with van der Waals surface area (Å²) in [5.74, 6) is 0.289. The summed E-state index contributed by atoms with van der Waals surface area (Å²) in [5.41, 5.74) is 0.852. The van der Waals surface area contributed by atoms with Gasteiger partial charge in [0.2, 0.25) is 11.8 Å². The number of guanidine groups is 1. The summed E-state index contributed by atoms with van der Waals surface area (Å²) < 4.78 is 18.6. The van der Waals surface area contributed by atoms with Gasteiger partial charge in [0.1, 0.15) is 5.82 Å². The number of hydrogen-bond acceptors (Lipinski definition) is 4. The van der Waals surface area contributed by atoms with Crippen LogP contribution in [0.5, 0.6) is 0 Å². The van der Waals surface area contributed by atoms with Crippen molar-refractivity contribution in [3.63, 3.8) is 0 Å². The van der Waals surface area contributed by atoms with Gasteiger partial charge < -0.3 is 15.4 Å². The first-order valence-corrected chi connectivity index (χ1v) is 10.3. The second-order valence-corrected chi connectivity index (χ2v) is 7.98. The molecular weight excluding hydrogens is 387 g/mol. The molecule has 2 amide bonds. The molecule has 1 aromatic carbocycles. The number of imide groups is 1. The molecule has 1 saturated heterocycles. The standard InChI is InChI=1S/C22H27FN4O3/c1-24-22(26-12-17(30-2)13-5-7-16(23)8-6-13)25-9-10-27-20(28)18-14-3-4-15(11-14)19(18)21(27)29/h3-8,14-15,17-19H,9-12H2,1-2H3,(H2,24,25,26). The predicted octanol–water partition coefficient (Wildman–Crippen LogP) is 1.49. The third-order valence-corrected chi connectivity index (χ3v) is 6.39. The predicted molar refractivity (Wildman–Crippen MR) is 110 cm³/mol. The van der Waals surface area contributed by atoms with Gasteiger partial charge in [0.05, 0.1) is 17.9 Å². The van der Waals surface area contributed by atoms with E-state index in [0.29, 0.717) is 25.6 Å². The quantitative estimate of drug-likeness (QED) is 0.306. The van der Waals surface area contributed by atoms with Crippen molar-refractivity contribution in [2.45, 2.75) is 12.5 Å². The van der Waals surface area contributed by atoms with Crippen LogP contribution in [0.15, 0.2) is 41.4 Å². The Morgan fingerprint density at radius 1 is 1.17 bits per heavy atom. The van der Waals surface area contributed by atoms with E-state index in [4.69, 9.17) is 4.74 Å². The Kier molecular flexibility index (Phi) is 5.85. The molecule has 1 saturated carbocycles. The van der Waals surface area contributed by atoms with Gasteiger partial charge in [0.25, 0.3) is 0 Å². The highest BCUT2D eigenvalue weighted by atomic mass is 19.1. The van der Waals surface area contributed by atoms with E-state index in [9.17, 15) is 14.0 Å². The first-order chi connectivity index (χ1) is 14.5. The Morgan fingerprint density at radius 2 is 1.80 bits per heavy atom. The highest BCUT2D eigenvalue weighted by Gasteiger charge is 2.58. The van der Waals surface area contributed by atoms with Crippen LogP contribution in [0, 0.1) is 29.5 Å². The maximum atomic E-state index is 13.1. The molecule has 8 heteroatoms. The van der Waals surface area contributed by atoms with Crippen molar-refractivity contribution in [2.24, 2.45) is 28.7 Å². The minimum Gasteiger partial charge on any atom is -0.375 e. The van der Waals surface area contributed by atoms with Crippen LogP contribution in [0.2, 0.25) is 0 Å². The van der Waals surface area contributed by atoms with E-state index in [1.807, 2.05) is 0 Å². The van der Waals surface area contributed by atoms with Gasteiger partial charge in [-0.05, 0) is 36.0 Å². The van der Waals surface area contributed by atoms with Crippen molar-refractivity contribution in [1.82, 2.24) is 15.5 Å². The number of hydrogen-bond donors (Lipinski definition) is 2. The van der Waals surface area contributed by atoms with Crippen molar-refractivity contribution in [3.05, 3.63) is 47.8 Å². The highest BCUT2D eigenvalue weighted by Crippen LogP contribution is 2.52. The second-order valence-electron chi connectivity index (χ2n) is 7.98. The van der Waals surface area contributed by atoms with E-state index in [2.05, 4.69) is 27.8 Å². The number of nitrogens with zero attached hydrogens (tertiary/aromatic N) is 2. The number of aliphatic imine (C=N–C) groups is 1. The molecule has 2 fully saturated rings. The molecule has 2 aliphatic carbocycles. The molecule has 160 valence electrons. The average molecular weight is 414 g/mol. The first-order valence-electron chi connectivity index (χ1n) is 10.3. The van der Waals surface area contributed by atoms with Crippen molar-refractivity contribution in [2.75, 3.05) is 33.8 Å². The lowest BCUT2D eigenvalue weighted by Gasteiger charge is -2.20. The van der Waals surface area contributed by atoms with Crippen LogP contribution in [-0.4, -0.2) is 56.5 Å². The number of benzene rings is 1. The van der Waals surface area contributed by atoms with Crippen LogP contribution in [0.4, 0.5) is 4.39 Å². The number of allylic oxidation sites excluding steroid dienone is 2. The molecule has 2 bridgehead atoms. The number of fused-ring (bicyclic) bond motifs is 5. The van der Waals surface area contributed by atoms with E-state index in [1.54, 1.807) is 26.3 Å². The molecular formula is C22H27FN4O3. The van der Waals surface area contributed by atoms with E-state index in [1.165, 1.54) is 17.0 Å². The largest absolute Gasteiger partial charge is 0.375 e. The fourth-order valence-electron chi connectivity index (χ4n) is 4.90. The zero-order valence-corrected chi connectivity index (χ0v) is 17.2. The third kappa shape index (κ3) is 3.71. The van der Waals surface area contributed by atoms with Gasteiger partial charge in [-0.15, -0.1) is 0 Å². The van der Waals surface area contributed by atoms with Crippen LogP contribution < -0.4 is 10.6 Å². The number of rotatable bonds is 7. The van der Waals surface area contributed by atoms with Crippen LogP contribution in [0.1, 0.15) is 18.1 Å². The van der Waals surface area contributed by atoms with Gasteiger partial charge in [-0.3, -0.25) is 19.5 Å². The number of carbonyl (C=O) groups is 2. The summed E-state index contributed by atoms with van der Waals surface area (Å²) in [6.45, 7) is 1.16. The monoisotopic (exact) mass is 414 g/mol. The van der Waals surface area contributed by atoms with Gasteiger partial charge in [-0.2, -0.15) is 0 Å². The number of halogens is 1. The van der Waals surface area contributed by atoms with Crippen molar-refractivity contribution in [1.29, 1.82) is 0 Å². The molecule has 0 spiro atoms. The Labute approximate surface area is 175 Å². The molecule has 30 heavy (non-hydrogen) atoms. The Bertz CT molecular complexity index is 840. The lowest BCUT2D eigenvalue weighted by Crippen LogP contribution is -2.44. The molecule has 2 N–H and O–H groups in total. The summed E-state index contributed by atoms with van der Waals surface area (Å²) >= 11 is 0. The van der Waals surface area contributed by atoms with Gasteiger partial charge in [0, 0.05) is 33.8 Å². The normalized spacial score (nSPS) is 28.2. The number of amides is 2. The maximum Gasteiger partial charge on any atom is 0.233 e. The zero-order valence-electron chi connectivity index (χ0n) is 17.2. The minimum atomic E-state index is -0.294. The number of carbonyl (C=O) groups excluding carboxylic acids is 2. The summed E-state index contributed by atoms with van der Waals surface area (Å²) in [5, 5.41) is 6.31. The molecule has 0 aromatic heterocycles. The average Bonchev–Trinajstić information content (AvgIpc) is 3.43. The van der Waals surface area contributed by atoms with Gasteiger partial charge >= 0.3 is 0 Å². The molecule has 1 aliphatic heterocycles. The smallest absolute Gasteiger partial charge is 0.233 e. The zero-order chi connectivity index (χ0) is 21.3. The third-order valence-electron chi connectivity index (χ3n) is 6.39. The lowest BCUT2D eigenvalue weighted by atomic mass is 9.85. The van der Waals surface area contributed by atoms with Crippen LogP contribution in [0.25, 0.3) is 0 Å². The fraction of sp³-hybridized carbons (Fsp3) is 0.500. The Hall–Kier alpha value is -2.74. The summed E-state index contributed by atoms with van der Waals surface area (Å²) in [7, 11) is 3.24. The van der Waals surface area contributed by atoms with Crippen molar-refractivity contribution < 1.29 is 18.7 Å².